The summed E-state index contributed by atoms with van der Waals surface area (Å²) in [6.07, 6.45) is -0.259. The molecule has 0 aromatic heterocycles. The minimum atomic E-state index is -0.739. The predicted molar refractivity (Wildman–Crippen MR) is 76.6 cm³/mol. The fraction of sp³-hybridized carbons (Fsp3) is 0.467. The van der Waals surface area contributed by atoms with E-state index in [0.717, 1.165) is 11.1 Å². The molecule has 21 heavy (non-hydrogen) atoms. The van der Waals surface area contributed by atoms with Crippen LogP contribution in [-0.4, -0.2) is 33.6 Å². The van der Waals surface area contributed by atoms with E-state index >= 15 is 0 Å². The van der Waals surface area contributed by atoms with Crippen LogP contribution in [-0.2, 0) is 22.5 Å². The van der Waals surface area contributed by atoms with E-state index in [1.54, 1.807) is 39.0 Å². The molecule has 2 rings (SSSR count). The molecule has 6 heteroatoms. The zero-order chi connectivity index (χ0) is 15.8. The summed E-state index contributed by atoms with van der Waals surface area (Å²) in [4.78, 5) is 25.2. The van der Waals surface area contributed by atoms with Gasteiger partial charge in [0.25, 0.3) is 0 Å². The number of hydrogen-bond donors (Lipinski definition) is 2. The first-order chi connectivity index (χ1) is 9.67. The molecule has 114 valence electrons. The SMILES string of the molecule is CC(C)(C)OC(=O)N1Cc2cc(O)ccc2CC1C(N)=O. The summed E-state index contributed by atoms with van der Waals surface area (Å²) in [6, 6.07) is 4.15. The van der Waals surface area contributed by atoms with Crippen LogP contribution in [0, 0.1) is 0 Å². The molecule has 1 aliphatic heterocycles. The Balaban J connectivity index is 2.30. The second kappa shape index (κ2) is 5.27. The molecular formula is C15H20N2O4. The van der Waals surface area contributed by atoms with Crippen LogP contribution in [0.2, 0.25) is 0 Å². The maximum absolute atomic E-state index is 12.3. The molecule has 1 aromatic carbocycles. The normalized spacial score (nSPS) is 18.0. The van der Waals surface area contributed by atoms with E-state index in [2.05, 4.69) is 0 Å². The third-order valence-corrected chi connectivity index (χ3v) is 3.28. The number of primary amides is 1. The van der Waals surface area contributed by atoms with Crippen LogP contribution in [0.25, 0.3) is 0 Å². The fourth-order valence-electron chi connectivity index (χ4n) is 2.34. The Bertz CT molecular complexity index is 578. The Morgan fingerprint density at radius 2 is 2.00 bits per heavy atom. The molecule has 1 aromatic rings. The minimum absolute atomic E-state index is 0.121. The molecular weight excluding hydrogens is 272 g/mol. The Morgan fingerprint density at radius 3 is 2.57 bits per heavy atom. The maximum atomic E-state index is 12.3. The molecule has 0 radical (unpaired) electrons. The highest BCUT2D eigenvalue weighted by Crippen LogP contribution is 2.27. The van der Waals surface area contributed by atoms with Crippen molar-refractivity contribution in [3.8, 4) is 5.75 Å². The number of nitrogens with zero attached hydrogens (tertiary/aromatic N) is 1. The van der Waals surface area contributed by atoms with Gasteiger partial charge >= 0.3 is 6.09 Å². The molecule has 0 aliphatic carbocycles. The van der Waals surface area contributed by atoms with Crippen molar-refractivity contribution in [1.29, 1.82) is 0 Å². The highest BCUT2D eigenvalue weighted by atomic mass is 16.6. The number of phenols is 1. The summed E-state index contributed by atoms with van der Waals surface area (Å²) < 4.78 is 5.32. The first-order valence-corrected chi connectivity index (χ1v) is 6.77. The van der Waals surface area contributed by atoms with E-state index < -0.39 is 23.6 Å². The molecule has 3 N–H and O–H groups in total. The smallest absolute Gasteiger partial charge is 0.411 e. The van der Waals surface area contributed by atoms with E-state index in [0.29, 0.717) is 6.42 Å². The number of carbonyl (C=O) groups excluding carboxylic acids is 2. The Hall–Kier alpha value is -2.24. The van der Waals surface area contributed by atoms with E-state index in [1.165, 1.54) is 4.90 Å². The van der Waals surface area contributed by atoms with Gasteiger partial charge in [-0.1, -0.05) is 6.07 Å². The van der Waals surface area contributed by atoms with E-state index in [1.807, 2.05) is 0 Å². The largest absolute Gasteiger partial charge is 0.508 e. The van der Waals surface area contributed by atoms with Gasteiger partial charge < -0.3 is 15.6 Å². The molecule has 1 aliphatic rings. The Labute approximate surface area is 123 Å². The van der Waals surface area contributed by atoms with Crippen LogP contribution in [0.5, 0.6) is 5.75 Å². The quantitative estimate of drug-likeness (QED) is 0.821. The van der Waals surface area contributed by atoms with Gasteiger partial charge in [0.15, 0.2) is 0 Å². The van der Waals surface area contributed by atoms with Crippen molar-refractivity contribution in [3.63, 3.8) is 0 Å². The summed E-state index contributed by atoms with van der Waals surface area (Å²) in [5, 5.41) is 9.55. The van der Waals surface area contributed by atoms with Gasteiger partial charge in [-0.2, -0.15) is 0 Å². The van der Waals surface area contributed by atoms with Crippen molar-refractivity contribution in [2.75, 3.05) is 0 Å². The van der Waals surface area contributed by atoms with Gasteiger partial charge in [-0.25, -0.2) is 4.79 Å². The van der Waals surface area contributed by atoms with Crippen LogP contribution in [0.1, 0.15) is 31.9 Å². The van der Waals surface area contributed by atoms with E-state index in [9.17, 15) is 14.7 Å². The predicted octanol–water partition coefficient (Wildman–Crippen LogP) is 1.54. The molecule has 0 spiro atoms. The molecule has 0 saturated heterocycles. The molecule has 1 atom stereocenters. The maximum Gasteiger partial charge on any atom is 0.411 e. The summed E-state index contributed by atoms with van der Waals surface area (Å²) in [6.45, 7) is 5.46. The molecule has 6 nitrogen and oxygen atoms in total. The molecule has 1 unspecified atom stereocenters. The second-order valence-electron chi connectivity index (χ2n) is 6.18. The van der Waals surface area contributed by atoms with Gasteiger partial charge in [-0.05, 0) is 44.0 Å². The lowest BCUT2D eigenvalue weighted by Crippen LogP contribution is -2.52. The number of fused-ring (bicyclic) bond motifs is 1. The topological polar surface area (TPSA) is 92.9 Å². The number of carbonyl (C=O) groups is 2. The summed E-state index contributed by atoms with van der Waals surface area (Å²) in [5.74, 6) is -0.449. The van der Waals surface area contributed by atoms with E-state index in [-0.39, 0.29) is 12.3 Å². The first kappa shape index (κ1) is 15.2. The zero-order valence-electron chi connectivity index (χ0n) is 12.4. The number of phenolic OH excluding ortho intramolecular Hbond substituents is 1. The van der Waals surface area contributed by atoms with Crippen LogP contribution < -0.4 is 5.73 Å². The number of aromatic hydroxyl groups is 1. The number of amides is 2. The van der Waals surface area contributed by atoms with Crippen LogP contribution >= 0.6 is 0 Å². The lowest BCUT2D eigenvalue weighted by atomic mass is 9.93. The van der Waals surface area contributed by atoms with Crippen LogP contribution in [0.15, 0.2) is 18.2 Å². The lowest BCUT2D eigenvalue weighted by molar-refractivity contribution is -0.123. The van der Waals surface area contributed by atoms with Crippen molar-refractivity contribution in [3.05, 3.63) is 29.3 Å². The Kier molecular flexibility index (Phi) is 3.80. The standard InChI is InChI=1S/C15H20N2O4/c1-15(2,3)21-14(20)17-8-10-6-11(18)5-4-9(10)7-12(17)13(16)19/h4-6,12,18H,7-8H2,1-3H3,(H2,16,19). The monoisotopic (exact) mass is 292 g/mol. The number of nitrogens with two attached hydrogens (primary N) is 1. The lowest BCUT2D eigenvalue weighted by Gasteiger charge is -2.36. The van der Waals surface area contributed by atoms with Gasteiger partial charge in [0.05, 0.1) is 6.54 Å². The van der Waals surface area contributed by atoms with Crippen molar-refractivity contribution in [1.82, 2.24) is 4.90 Å². The number of hydrogen-bond acceptors (Lipinski definition) is 4. The molecule has 0 bridgehead atoms. The third kappa shape index (κ3) is 3.45. The first-order valence-electron chi connectivity index (χ1n) is 6.77. The second-order valence-corrected chi connectivity index (χ2v) is 6.18. The number of rotatable bonds is 1. The number of ether oxygens (including phenoxy) is 1. The van der Waals surface area contributed by atoms with Crippen molar-refractivity contribution in [2.45, 2.75) is 45.4 Å². The van der Waals surface area contributed by atoms with Crippen molar-refractivity contribution >= 4 is 12.0 Å². The summed E-state index contributed by atoms with van der Waals surface area (Å²) in [7, 11) is 0. The highest BCUT2D eigenvalue weighted by Gasteiger charge is 2.35. The average molecular weight is 292 g/mol. The van der Waals surface area contributed by atoms with E-state index in [4.69, 9.17) is 10.5 Å². The number of benzene rings is 1. The third-order valence-electron chi connectivity index (χ3n) is 3.28. The van der Waals surface area contributed by atoms with Gasteiger partial charge in [0, 0.05) is 6.42 Å². The fourth-order valence-corrected chi connectivity index (χ4v) is 2.34. The van der Waals surface area contributed by atoms with Gasteiger partial charge in [-0.3, -0.25) is 9.69 Å². The van der Waals surface area contributed by atoms with Crippen LogP contribution in [0.4, 0.5) is 4.79 Å². The van der Waals surface area contributed by atoms with Gasteiger partial charge in [-0.15, -0.1) is 0 Å². The highest BCUT2D eigenvalue weighted by molar-refractivity contribution is 5.85. The molecule has 0 fully saturated rings. The molecule has 0 saturated carbocycles. The van der Waals surface area contributed by atoms with Crippen LogP contribution in [0.3, 0.4) is 0 Å². The Morgan fingerprint density at radius 1 is 1.33 bits per heavy atom. The van der Waals surface area contributed by atoms with Gasteiger partial charge in [0.2, 0.25) is 5.91 Å². The zero-order valence-corrected chi connectivity index (χ0v) is 12.4. The van der Waals surface area contributed by atoms with Crippen molar-refractivity contribution < 1.29 is 19.4 Å². The van der Waals surface area contributed by atoms with Crippen molar-refractivity contribution in [2.24, 2.45) is 5.73 Å². The minimum Gasteiger partial charge on any atom is -0.508 e. The molecule has 1 heterocycles. The summed E-state index contributed by atoms with van der Waals surface area (Å²) in [5.41, 5.74) is 6.44. The molecule has 2 amide bonds. The summed E-state index contributed by atoms with van der Waals surface area (Å²) >= 11 is 0. The van der Waals surface area contributed by atoms with Gasteiger partial charge in [0.1, 0.15) is 17.4 Å². The average Bonchev–Trinajstić information content (AvgIpc) is 2.34.